The van der Waals surface area contributed by atoms with Crippen molar-refractivity contribution in [2.75, 3.05) is 13.2 Å². The first-order valence-electron chi connectivity index (χ1n) is 10.8. The molecule has 7 nitrogen and oxygen atoms in total. The van der Waals surface area contributed by atoms with Crippen molar-refractivity contribution in [3.05, 3.63) is 23.0 Å². The molecule has 0 unspecified atom stereocenters. The Balaban J connectivity index is 1.51. The fraction of sp³-hybridized carbons (Fsp3) is 0.682. The minimum Gasteiger partial charge on any atom is -0.376 e. The molecular formula is C22H31N3O4. The van der Waals surface area contributed by atoms with Crippen LogP contribution in [-0.4, -0.2) is 52.0 Å². The van der Waals surface area contributed by atoms with Crippen LogP contribution in [0.4, 0.5) is 4.79 Å². The lowest BCUT2D eigenvalue weighted by atomic mass is 9.73. The Morgan fingerprint density at radius 1 is 1.24 bits per heavy atom. The van der Waals surface area contributed by atoms with E-state index in [1.165, 1.54) is 0 Å². The van der Waals surface area contributed by atoms with Gasteiger partial charge in [0.05, 0.1) is 12.6 Å². The van der Waals surface area contributed by atoms with Crippen LogP contribution < -0.4 is 5.32 Å². The summed E-state index contributed by atoms with van der Waals surface area (Å²) in [6.07, 6.45) is 5.84. The highest BCUT2D eigenvalue weighted by Crippen LogP contribution is 2.38. The van der Waals surface area contributed by atoms with Crippen LogP contribution in [0.3, 0.4) is 0 Å². The predicted octanol–water partition coefficient (Wildman–Crippen LogP) is 2.97. The lowest BCUT2D eigenvalue weighted by molar-refractivity contribution is -0.133. The summed E-state index contributed by atoms with van der Waals surface area (Å²) in [7, 11) is 0. The van der Waals surface area contributed by atoms with Gasteiger partial charge in [0, 0.05) is 30.1 Å². The van der Waals surface area contributed by atoms with E-state index < -0.39 is 11.6 Å². The van der Waals surface area contributed by atoms with Crippen LogP contribution in [0.2, 0.25) is 0 Å². The van der Waals surface area contributed by atoms with Crippen molar-refractivity contribution in [2.45, 2.75) is 77.5 Å². The molecule has 2 saturated heterocycles. The molecule has 3 aliphatic rings. The van der Waals surface area contributed by atoms with E-state index in [0.717, 1.165) is 61.5 Å². The molecule has 158 valence electrons. The molecule has 2 aliphatic heterocycles. The average molecular weight is 402 g/mol. The van der Waals surface area contributed by atoms with E-state index in [4.69, 9.17) is 4.74 Å². The molecule has 7 heteroatoms. The molecular weight excluding hydrogens is 370 g/mol. The van der Waals surface area contributed by atoms with Gasteiger partial charge in [0.15, 0.2) is 5.78 Å². The van der Waals surface area contributed by atoms with Crippen molar-refractivity contribution in [3.63, 3.8) is 0 Å². The number of Topliss-reactive ketones (excluding diaryl/α,β-unsaturated/α-hetero) is 1. The number of nitrogens with one attached hydrogen (secondary N) is 1. The van der Waals surface area contributed by atoms with Crippen molar-refractivity contribution >= 4 is 17.7 Å². The van der Waals surface area contributed by atoms with Crippen LogP contribution in [0, 0.1) is 19.8 Å². The lowest BCUT2D eigenvalue weighted by Crippen LogP contribution is -2.54. The fourth-order valence-corrected chi connectivity index (χ4v) is 5.22. The fourth-order valence-electron chi connectivity index (χ4n) is 5.22. The Hall–Kier alpha value is -2.15. The molecule has 4 rings (SSSR count). The van der Waals surface area contributed by atoms with Crippen LogP contribution >= 0.6 is 0 Å². The van der Waals surface area contributed by atoms with E-state index in [0.29, 0.717) is 12.0 Å². The number of ether oxygens (including phenoxy) is 1. The van der Waals surface area contributed by atoms with E-state index in [9.17, 15) is 14.4 Å². The van der Waals surface area contributed by atoms with Crippen molar-refractivity contribution in [2.24, 2.45) is 5.92 Å². The van der Waals surface area contributed by atoms with Gasteiger partial charge in [0.25, 0.3) is 5.91 Å². The Morgan fingerprint density at radius 3 is 2.72 bits per heavy atom. The summed E-state index contributed by atoms with van der Waals surface area (Å²) in [4.78, 5) is 39.9. The quantitative estimate of drug-likeness (QED) is 0.608. The molecule has 29 heavy (non-hydrogen) atoms. The first kappa shape index (κ1) is 20.1. The highest BCUT2D eigenvalue weighted by atomic mass is 16.5. The minimum atomic E-state index is -0.827. The van der Waals surface area contributed by atoms with Gasteiger partial charge in [0.1, 0.15) is 5.54 Å². The molecule has 1 aromatic heterocycles. The molecule has 1 spiro atoms. The van der Waals surface area contributed by atoms with Crippen molar-refractivity contribution < 1.29 is 19.1 Å². The molecule has 1 N–H and O–H groups in total. The van der Waals surface area contributed by atoms with Crippen LogP contribution in [0.5, 0.6) is 0 Å². The number of carbonyl (C=O) groups is 3. The average Bonchev–Trinajstić information content (AvgIpc) is 3.36. The summed E-state index contributed by atoms with van der Waals surface area (Å²) in [6.45, 7) is 7.23. The Bertz CT molecular complexity index is 839. The Morgan fingerprint density at radius 2 is 2.03 bits per heavy atom. The van der Waals surface area contributed by atoms with Crippen molar-refractivity contribution in [1.82, 2.24) is 14.8 Å². The van der Waals surface area contributed by atoms with Gasteiger partial charge in [-0.05, 0) is 51.5 Å². The number of carbonyl (C=O) groups excluding carboxylic acids is 3. The number of aryl methyl sites for hydroxylation is 1. The number of nitrogens with zero attached hydrogens (tertiary/aromatic N) is 2. The van der Waals surface area contributed by atoms with Gasteiger partial charge >= 0.3 is 6.03 Å². The van der Waals surface area contributed by atoms with Crippen molar-refractivity contribution in [1.29, 1.82) is 0 Å². The number of imide groups is 1. The van der Waals surface area contributed by atoms with Gasteiger partial charge in [0.2, 0.25) is 0 Å². The number of hydrogen-bond donors (Lipinski definition) is 1. The van der Waals surface area contributed by atoms with Gasteiger partial charge in [-0.25, -0.2) is 4.79 Å². The van der Waals surface area contributed by atoms with Gasteiger partial charge in [-0.1, -0.05) is 19.8 Å². The van der Waals surface area contributed by atoms with Crippen LogP contribution in [0.25, 0.3) is 0 Å². The summed E-state index contributed by atoms with van der Waals surface area (Å²) in [5.74, 6) is -0.346. The minimum absolute atomic E-state index is 0.0873. The summed E-state index contributed by atoms with van der Waals surface area (Å²) >= 11 is 0. The molecule has 0 bridgehead atoms. The maximum Gasteiger partial charge on any atom is 0.325 e. The lowest BCUT2D eigenvalue weighted by Gasteiger charge is -2.36. The van der Waals surface area contributed by atoms with Gasteiger partial charge in [-0.15, -0.1) is 0 Å². The third kappa shape index (κ3) is 3.39. The highest BCUT2D eigenvalue weighted by molar-refractivity contribution is 6.11. The largest absolute Gasteiger partial charge is 0.376 e. The SMILES string of the molecule is Cc1cc(C(=O)CN2C(=O)N[C@]3(CCCC[C@@H]3C)C2=O)c(C)n1C[C@H]1CCCO1. The zero-order valence-corrected chi connectivity index (χ0v) is 17.6. The smallest absolute Gasteiger partial charge is 0.325 e. The summed E-state index contributed by atoms with van der Waals surface area (Å²) < 4.78 is 7.85. The van der Waals surface area contributed by atoms with Crippen LogP contribution in [0.15, 0.2) is 6.07 Å². The van der Waals surface area contributed by atoms with Crippen LogP contribution in [-0.2, 0) is 16.1 Å². The summed E-state index contributed by atoms with van der Waals surface area (Å²) in [5.41, 5.74) is 1.62. The van der Waals surface area contributed by atoms with E-state index in [2.05, 4.69) is 9.88 Å². The number of ketones is 1. The standard InChI is InChI=1S/C22H31N3O4/c1-14-7-4-5-9-22(14)20(27)25(21(28)23-22)13-19(26)18-11-15(2)24(16(18)3)12-17-8-6-10-29-17/h11,14,17H,4-10,12-13H2,1-3H3,(H,23,28)/t14-,17+,22-/m0/s1. The monoisotopic (exact) mass is 401 g/mol. The highest BCUT2D eigenvalue weighted by Gasteiger charge is 2.55. The van der Waals surface area contributed by atoms with Crippen molar-refractivity contribution in [3.8, 4) is 0 Å². The second kappa shape index (κ2) is 7.59. The molecule has 1 saturated carbocycles. The molecule has 3 fully saturated rings. The van der Waals surface area contributed by atoms with Gasteiger partial charge in [-0.3, -0.25) is 14.5 Å². The van der Waals surface area contributed by atoms with E-state index >= 15 is 0 Å². The van der Waals surface area contributed by atoms with Gasteiger partial charge < -0.3 is 14.6 Å². The molecule has 3 heterocycles. The molecule has 1 aliphatic carbocycles. The second-order valence-electron chi connectivity index (χ2n) is 8.89. The van der Waals surface area contributed by atoms with E-state index in [1.54, 1.807) is 0 Å². The maximum absolute atomic E-state index is 13.1. The first-order chi connectivity index (χ1) is 13.8. The zero-order valence-electron chi connectivity index (χ0n) is 17.6. The molecule has 3 amide bonds. The normalized spacial score (nSPS) is 29.7. The second-order valence-corrected chi connectivity index (χ2v) is 8.89. The third-order valence-electron chi connectivity index (χ3n) is 7.09. The number of urea groups is 1. The van der Waals surface area contributed by atoms with Gasteiger partial charge in [-0.2, -0.15) is 0 Å². The number of amides is 3. The number of aromatic nitrogens is 1. The first-order valence-corrected chi connectivity index (χ1v) is 10.8. The molecule has 0 aromatic carbocycles. The summed E-state index contributed by atoms with van der Waals surface area (Å²) in [6, 6.07) is 1.43. The van der Waals surface area contributed by atoms with E-state index in [-0.39, 0.29) is 30.3 Å². The molecule has 0 radical (unpaired) electrons. The zero-order chi connectivity index (χ0) is 20.8. The number of hydrogen-bond acceptors (Lipinski definition) is 4. The summed E-state index contributed by atoms with van der Waals surface area (Å²) in [5, 5.41) is 2.92. The van der Waals surface area contributed by atoms with E-state index in [1.807, 2.05) is 26.8 Å². The Labute approximate surface area is 171 Å². The molecule has 1 aromatic rings. The Kier molecular flexibility index (Phi) is 5.27. The van der Waals surface area contributed by atoms with Crippen LogP contribution in [0.1, 0.15) is 67.2 Å². The predicted molar refractivity (Wildman–Crippen MR) is 108 cm³/mol. The maximum atomic E-state index is 13.1. The molecule has 3 atom stereocenters. The third-order valence-corrected chi connectivity index (χ3v) is 7.09. The number of rotatable bonds is 5. The topological polar surface area (TPSA) is 80.6 Å².